The van der Waals surface area contributed by atoms with Crippen molar-refractivity contribution >= 4 is 0 Å². The van der Waals surface area contributed by atoms with Gasteiger partial charge in [-0.25, -0.2) is 0 Å². The van der Waals surface area contributed by atoms with Gasteiger partial charge in [0.15, 0.2) is 0 Å². The van der Waals surface area contributed by atoms with E-state index in [9.17, 15) is 10.2 Å². The van der Waals surface area contributed by atoms with Crippen LogP contribution in [-0.2, 0) is 0 Å². The Kier molecular flexibility index (Phi) is 14.4. The molecule has 0 aliphatic heterocycles. The fraction of sp³-hybridized carbons (Fsp3) is 0.400. The molecule has 0 aromatic carbocycles. The third-order valence-corrected chi connectivity index (χ3v) is 7.72. The minimum absolute atomic E-state index is 0.00248. The monoisotopic (exact) mass is 568 g/mol. The van der Waals surface area contributed by atoms with Crippen LogP contribution in [0.3, 0.4) is 0 Å². The molecule has 1 aliphatic rings. The molecular weight excluding hydrogens is 512 g/mol. The summed E-state index contributed by atoms with van der Waals surface area (Å²) >= 11 is 0. The molecule has 2 heteroatoms. The molecule has 0 saturated carbocycles. The number of aliphatic hydroxyl groups is 2. The molecule has 1 aliphatic carbocycles. The zero-order valence-corrected chi connectivity index (χ0v) is 28.0. The number of hydrogen-bond donors (Lipinski definition) is 2. The van der Waals surface area contributed by atoms with E-state index in [1.54, 1.807) is 6.08 Å². The van der Waals surface area contributed by atoms with Gasteiger partial charge in [0, 0.05) is 0 Å². The van der Waals surface area contributed by atoms with E-state index in [0.717, 1.165) is 24.0 Å². The summed E-state index contributed by atoms with van der Waals surface area (Å²) in [7, 11) is 0. The smallest absolute Gasteiger partial charge is 0.112 e. The Labute approximate surface area is 257 Å². The Morgan fingerprint density at radius 1 is 0.810 bits per heavy atom. The molecule has 2 N–H and O–H groups in total. The van der Waals surface area contributed by atoms with Crippen molar-refractivity contribution in [2.75, 3.05) is 0 Å². The average Bonchev–Trinajstić information content (AvgIpc) is 2.87. The predicted molar refractivity (Wildman–Crippen MR) is 186 cm³/mol. The van der Waals surface area contributed by atoms with Gasteiger partial charge in [0.05, 0.1) is 6.10 Å². The quantitative estimate of drug-likeness (QED) is 0.230. The van der Waals surface area contributed by atoms with Crippen molar-refractivity contribution in [3.63, 3.8) is 0 Å². The molecule has 0 saturated heterocycles. The molecule has 0 radical (unpaired) electrons. The minimum atomic E-state index is -1.16. The second-order valence-electron chi connectivity index (χ2n) is 13.3. The molecule has 0 spiro atoms. The zero-order chi connectivity index (χ0) is 32.1. The normalized spacial score (nSPS) is 21.5. The maximum Gasteiger partial charge on any atom is 0.112 e. The van der Waals surface area contributed by atoms with Crippen LogP contribution in [0.4, 0.5) is 0 Å². The molecule has 228 valence electrons. The van der Waals surface area contributed by atoms with Crippen LogP contribution in [0.15, 0.2) is 143 Å². The van der Waals surface area contributed by atoms with Crippen molar-refractivity contribution in [3.05, 3.63) is 143 Å². The van der Waals surface area contributed by atoms with Gasteiger partial charge in [0.1, 0.15) is 5.60 Å². The summed E-state index contributed by atoms with van der Waals surface area (Å²) in [5.41, 5.74) is 6.18. The van der Waals surface area contributed by atoms with E-state index in [2.05, 4.69) is 103 Å². The molecule has 0 aromatic heterocycles. The van der Waals surface area contributed by atoms with Crippen molar-refractivity contribution < 1.29 is 10.2 Å². The Morgan fingerprint density at radius 3 is 1.71 bits per heavy atom. The largest absolute Gasteiger partial charge is 0.393 e. The van der Waals surface area contributed by atoms with Crippen LogP contribution in [0.1, 0.15) is 82.1 Å². The number of allylic oxidation sites excluding steroid dienone is 18. The SMILES string of the molecule is C=CC(=C)[C@@](O)(/C=C/C(C)=C/C=C/C(C)=C/C=C/C=C(C)/C=C/C=C(C)/C=C/C1=C(C)C[C@H](O)CC1(C)C)C(C)(C)C. The van der Waals surface area contributed by atoms with Crippen LogP contribution in [-0.4, -0.2) is 21.9 Å². The summed E-state index contributed by atoms with van der Waals surface area (Å²) < 4.78 is 0. The van der Waals surface area contributed by atoms with E-state index in [1.807, 2.05) is 64.2 Å². The average molecular weight is 569 g/mol. The van der Waals surface area contributed by atoms with Gasteiger partial charge < -0.3 is 10.2 Å². The Bertz CT molecular complexity index is 1270. The lowest BCUT2D eigenvalue weighted by Gasteiger charge is -2.38. The first kappa shape index (κ1) is 36.8. The second kappa shape index (κ2) is 16.4. The van der Waals surface area contributed by atoms with Crippen LogP contribution >= 0.6 is 0 Å². The van der Waals surface area contributed by atoms with E-state index >= 15 is 0 Å². The fourth-order valence-electron chi connectivity index (χ4n) is 4.98. The summed E-state index contributed by atoms with van der Waals surface area (Å²) in [6, 6.07) is 0. The van der Waals surface area contributed by atoms with Gasteiger partial charge in [-0.2, -0.15) is 0 Å². The molecule has 0 heterocycles. The zero-order valence-electron chi connectivity index (χ0n) is 28.0. The van der Waals surface area contributed by atoms with E-state index < -0.39 is 11.0 Å². The Balaban J connectivity index is 2.75. The highest BCUT2D eigenvalue weighted by Gasteiger charge is 2.39. The highest BCUT2D eigenvalue weighted by atomic mass is 16.3. The third-order valence-electron chi connectivity index (χ3n) is 7.72. The van der Waals surface area contributed by atoms with Crippen LogP contribution in [0.25, 0.3) is 0 Å². The van der Waals surface area contributed by atoms with E-state index in [1.165, 1.54) is 22.3 Å². The van der Waals surface area contributed by atoms with Gasteiger partial charge in [0.25, 0.3) is 0 Å². The standard InChI is InChI=1S/C40H56O2/c1-13-35(7)40(42,38(8,9)10)27-26-33(5)23-17-21-31(3)19-15-14-18-30(2)20-16-22-32(4)24-25-37-34(6)28-36(41)29-39(37,11)12/h13-27,36,41-42H,1,7,28-29H2,2-6,8-12H3/b15-14+,20-16+,21-17+,25-24+,27-26+,30-18+,31-19+,32-22+,33-23+/t36-,40-/m0/s1. The molecule has 0 bridgehead atoms. The van der Waals surface area contributed by atoms with E-state index in [0.29, 0.717) is 5.57 Å². The molecule has 0 amide bonds. The van der Waals surface area contributed by atoms with Crippen LogP contribution in [0, 0.1) is 10.8 Å². The summed E-state index contributed by atoms with van der Waals surface area (Å²) in [4.78, 5) is 0. The van der Waals surface area contributed by atoms with Crippen molar-refractivity contribution in [2.24, 2.45) is 10.8 Å². The fourth-order valence-corrected chi connectivity index (χ4v) is 4.98. The number of hydrogen-bond acceptors (Lipinski definition) is 2. The molecule has 0 unspecified atom stereocenters. The maximum atomic E-state index is 11.2. The van der Waals surface area contributed by atoms with Gasteiger partial charge >= 0.3 is 0 Å². The lowest BCUT2D eigenvalue weighted by molar-refractivity contribution is 0.0234. The van der Waals surface area contributed by atoms with Gasteiger partial charge in [-0.05, 0) is 75.5 Å². The van der Waals surface area contributed by atoms with E-state index in [4.69, 9.17) is 0 Å². The van der Waals surface area contributed by atoms with Crippen molar-refractivity contribution in [2.45, 2.75) is 93.8 Å². The van der Waals surface area contributed by atoms with Crippen molar-refractivity contribution in [1.29, 1.82) is 0 Å². The van der Waals surface area contributed by atoms with Gasteiger partial charge in [-0.1, -0.05) is 161 Å². The predicted octanol–water partition coefficient (Wildman–Crippen LogP) is 10.6. The summed E-state index contributed by atoms with van der Waals surface area (Å²) in [5, 5.41) is 21.3. The molecule has 1 rings (SSSR count). The van der Waals surface area contributed by atoms with E-state index in [-0.39, 0.29) is 11.5 Å². The Morgan fingerprint density at radius 2 is 1.26 bits per heavy atom. The lowest BCUT2D eigenvalue weighted by Crippen LogP contribution is -2.42. The summed E-state index contributed by atoms with van der Waals surface area (Å²) in [6.45, 7) is 28.6. The minimum Gasteiger partial charge on any atom is -0.393 e. The van der Waals surface area contributed by atoms with Crippen LogP contribution in [0.5, 0.6) is 0 Å². The second-order valence-corrected chi connectivity index (χ2v) is 13.3. The molecule has 0 aromatic rings. The molecular formula is C40H56O2. The highest BCUT2D eigenvalue weighted by molar-refractivity contribution is 5.39. The van der Waals surface area contributed by atoms with Crippen LogP contribution in [0.2, 0.25) is 0 Å². The van der Waals surface area contributed by atoms with Gasteiger partial charge in [-0.3, -0.25) is 0 Å². The summed E-state index contributed by atoms with van der Waals surface area (Å²) in [5.74, 6) is 0. The maximum absolute atomic E-state index is 11.2. The molecule has 42 heavy (non-hydrogen) atoms. The topological polar surface area (TPSA) is 40.5 Å². The first-order valence-corrected chi connectivity index (χ1v) is 14.9. The molecule has 2 nitrogen and oxygen atoms in total. The number of rotatable bonds is 12. The van der Waals surface area contributed by atoms with Crippen LogP contribution < -0.4 is 0 Å². The Hall–Kier alpha value is -3.20. The van der Waals surface area contributed by atoms with Crippen molar-refractivity contribution in [1.82, 2.24) is 0 Å². The first-order chi connectivity index (χ1) is 19.4. The first-order valence-electron chi connectivity index (χ1n) is 14.9. The summed E-state index contributed by atoms with van der Waals surface area (Å²) in [6.07, 6.45) is 31.7. The lowest BCUT2D eigenvalue weighted by atomic mass is 9.71. The molecule has 0 fully saturated rings. The van der Waals surface area contributed by atoms with Gasteiger partial charge in [0.2, 0.25) is 0 Å². The van der Waals surface area contributed by atoms with Gasteiger partial charge in [-0.15, -0.1) is 0 Å². The highest BCUT2D eigenvalue weighted by Crippen LogP contribution is 2.41. The molecule has 2 atom stereocenters. The number of aliphatic hydroxyl groups excluding tert-OH is 1. The third kappa shape index (κ3) is 12.0. The van der Waals surface area contributed by atoms with Crippen molar-refractivity contribution in [3.8, 4) is 0 Å².